The molecule has 1 aromatic heterocycles. The minimum atomic E-state index is -0.734. The van der Waals surface area contributed by atoms with E-state index in [9.17, 15) is 29.3 Å². The first-order valence-electron chi connectivity index (χ1n) is 13.7. The number of nitrogens with zero attached hydrogens (tertiary/aromatic N) is 3. The topological polar surface area (TPSA) is 137 Å². The van der Waals surface area contributed by atoms with Crippen LogP contribution in [-0.2, 0) is 14.3 Å². The number of Topliss-reactive ketones (excluding diaryl/α,β-unsaturated/α-hetero) is 1. The fourth-order valence-electron chi connectivity index (χ4n) is 5.68. The predicted molar refractivity (Wildman–Crippen MR) is 169 cm³/mol. The van der Waals surface area contributed by atoms with Gasteiger partial charge in [-0.15, -0.1) is 0 Å². The van der Waals surface area contributed by atoms with Crippen LogP contribution in [0.15, 0.2) is 78.9 Å². The number of hydrogen-bond acceptors (Lipinski definition) is 8. The zero-order valence-electron chi connectivity index (χ0n) is 22.9. The van der Waals surface area contributed by atoms with Gasteiger partial charge in [0.05, 0.1) is 39.2 Å². The minimum Gasteiger partial charge on any atom is -0.454 e. The Labute approximate surface area is 267 Å². The molecule has 2 amide bonds. The highest BCUT2D eigenvalue weighted by molar-refractivity contribution is 9.12. The van der Waals surface area contributed by atoms with Crippen LogP contribution < -0.4 is 4.90 Å². The lowest BCUT2D eigenvalue weighted by Crippen LogP contribution is -2.34. The van der Waals surface area contributed by atoms with E-state index in [-0.39, 0.29) is 50.1 Å². The number of nitro benzene ring substituents is 1. The number of aromatic nitrogens is 1. The van der Waals surface area contributed by atoms with Crippen LogP contribution in [-0.4, -0.2) is 49.7 Å². The average molecular weight is 721 g/mol. The summed E-state index contributed by atoms with van der Waals surface area (Å²) >= 11 is 7.22. The van der Waals surface area contributed by atoms with Gasteiger partial charge in [0.15, 0.2) is 12.4 Å². The van der Waals surface area contributed by atoms with E-state index in [4.69, 9.17) is 9.72 Å². The summed E-state index contributed by atoms with van der Waals surface area (Å²) in [5.74, 6) is -2.36. The molecule has 0 bridgehead atoms. The van der Waals surface area contributed by atoms with Crippen molar-refractivity contribution in [1.82, 2.24) is 4.98 Å². The summed E-state index contributed by atoms with van der Waals surface area (Å²) in [5, 5.41) is 11.4. The Balaban J connectivity index is 1.23. The Bertz CT molecular complexity index is 1800. The number of fused-ring (bicyclic) bond motifs is 2. The number of ketones is 1. The van der Waals surface area contributed by atoms with Gasteiger partial charge in [-0.05, 0) is 49.2 Å². The Kier molecular flexibility index (Phi) is 8.12. The van der Waals surface area contributed by atoms with Crippen LogP contribution in [0.5, 0.6) is 0 Å². The third kappa shape index (κ3) is 5.55. The second-order valence-electron chi connectivity index (χ2n) is 10.7. The minimum absolute atomic E-state index is 0.114. The number of alkyl halides is 2. The van der Waals surface area contributed by atoms with Crippen LogP contribution in [0, 0.1) is 22.0 Å². The largest absolute Gasteiger partial charge is 0.454 e. The number of esters is 1. The van der Waals surface area contributed by atoms with E-state index in [0.29, 0.717) is 40.7 Å². The standard InChI is InChI=1S/C32H23Br2N3O7/c33-25-13-22-23(14-26(25)34)31(40)36(30(22)39)19-9-5-17(6-10-19)28-15-24(21-3-1-2-4-27(21)35-28)32(41)44-16-29(38)18-7-11-20(12-8-18)37(42)43/h1-12,15,22-23,25-26H,13-14,16H2. The molecule has 4 aromatic rings. The lowest BCUT2D eigenvalue weighted by atomic mass is 9.81. The van der Waals surface area contributed by atoms with E-state index in [1.54, 1.807) is 54.6 Å². The van der Waals surface area contributed by atoms with Crippen LogP contribution in [0.25, 0.3) is 22.2 Å². The first kappa shape index (κ1) is 29.8. The summed E-state index contributed by atoms with van der Waals surface area (Å²) in [6.07, 6.45) is 1.16. The molecule has 10 nitrogen and oxygen atoms in total. The van der Waals surface area contributed by atoms with Crippen molar-refractivity contribution in [2.24, 2.45) is 11.8 Å². The summed E-state index contributed by atoms with van der Waals surface area (Å²) in [4.78, 5) is 68.8. The number of nitro groups is 1. The molecule has 2 aliphatic rings. The summed E-state index contributed by atoms with van der Waals surface area (Å²) in [7, 11) is 0. The molecule has 222 valence electrons. The second kappa shape index (κ2) is 12.0. The molecular weight excluding hydrogens is 698 g/mol. The zero-order chi connectivity index (χ0) is 31.1. The summed E-state index contributed by atoms with van der Waals surface area (Å²) in [5.41, 5.74) is 2.34. The first-order valence-corrected chi connectivity index (χ1v) is 15.6. The number of hydrogen-bond donors (Lipinski definition) is 0. The highest BCUT2D eigenvalue weighted by Gasteiger charge is 2.52. The predicted octanol–water partition coefficient (Wildman–Crippen LogP) is 6.28. The summed E-state index contributed by atoms with van der Waals surface area (Å²) < 4.78 is 5.35. The highest BCUT2D eigenvalue weighted by Crippen LogP contribution is 2.44. The highest BCUT2D eigenvalue weighted by atomic mass is 79.9. The molecule has 1 saturated carbocycles. The van der Waals surface area contributed by atoms with E-state index in [2.05, 4.69) is 31.9 Å². The van der Waals surface area contributed by atoms with E-state index in [1.165, 1.54) is 29.2 Å². The lowest BCUT2D eigenvalue weighted by molar-refractivity contribution is -0.384. The molecule has 0 spiro atoms. The Morgan fingerprint density at radius 1 is 0.909 bits per heavy atom. The summed E-state index contributed by atoms with van der Waals surface area (Å²) in [6.45, 7) is -0.553. The maximum atomic E-state index is 13.2. The van der Waals surface area contributed by atoms with Gasteiger partial charge in [0.1, 0.15) is 0 Å². The monoisotopic (exact) mass is 719 g/mol. The maximum Gasteiger partial charge on any atom is 0.339 e. The van der Waals surface area contributed by atoms with Crippen molar-refractivity contribution in [3.05, 3.63) is 100 Å². The molecule has 0 N–H and O–H groups in total. The van der Waals surface area contributed by atoms with Crippen LogP contribution in [0.1, 0.15) is 33.6 Å². The maximum absolute atomic E-state index is 13.2. The van der Waals surface area contributed by atoms with Gasteiger partial charge < -0.3 is 4.74 Å². The Morgan fingerprint density at radius 2 is 1.52 bits per heavy atom. The number of benzene rings is 3. The van der Waals surface area contributed by atoms with Gasteiger partial charge in [0.2, 0.25) is 11.8 Å². The third-order valence-corrected chi connectivity index (χ3v) is 10.7. The van der Waals surface area contributed by atoms with Gasteiger partial charge in [-0.1, -0.05) is 62.2 Å². The molecule has 2 heterocycles. The van der Waals surface area contributed by atoms with Gasteiger partial charge in [-0.2, -0.15) is 0 Å². The molecule has 1 aliphatic carbocycles. The van der Waals surface area contributed by atoms with E-state index in [0.717, 1.165) is 0 Å². The van der Waals surface area contributed by atoms with Crippen LogP contribution in [0.2, 0.25) is 0 Å². The van der Waals surface area contributed by atoms with Crippen molar-refractivity contribution >= 4 is 77.7 Å². The number of ether oxygens (including phenoxy) is 1. The van der Waals surface area contributed by atoms with Crippen molar-refractivity contribution in [2.45, 2.75) is 22.5 Å². The number of halogens is 2. The second-order valence-corrected chi connectivity index (χ2v) is 13.0. The zero-order valence-corrected chi connectivity index (χ0v) is 26.1. The van der Waals surface area contributed by atoms with Gasteiger partial charge >= 0.3 is 5.97 Å². The fourth-order valence-corrected chi connectivity index (χ4v) is 6.92. The van der Waals surface area contributed by atoms with Crippen molar-refractivity contribution in [2.75, 3.05) is 11.5 Å². The number of imide groups is 1. The molecule has 4 atom stereocenters. The molecule has 1 aliphatic heterocycles. The van der Waals surface area contributed by atoms with Crippen molar-refractivity contribution < 1.29 is 28.8 Å². The summed E-state index contributed by atoms with van der Waals surface area (Å²) in [6, 6.07) is 20.5. The molecular formula is C32H23Br2N3O7. The molecule has 44 heavy (non-hydrogen) atoms. The average Bonchev–Trinajstić information content (AvgIpc) is 3.27. The smallest absolute Gasteiger partial charge is 0.339 e. The van der Waals surface area contributed by atoms with Crippen molar-refractivity contribution in [3.8, 4) is 11.3 Å². The number of para-hydroxylation sites is 1. The van der Waals surface area contributed by atoms with Crippen LogP contribution in [0.3, 0.4) is 0 Å². The van der Waals surface area contributed by atoms with E-state index in [1.807, 2.05) is 0 Å². The molecule has 1 saturated heterocycles. The number of anilines is 1. The molecule has 12 heteroatoms. The SMILES string of the molecule is O=C(COC(=O)c1cc(-c2ccc(N3C(=O)C4CC(Br)C(Br)CC4C3=O)cc2)nc2ccccc12)c1ccc([N+](=O)[O-])cc1. The molecule has 3 aromatic carbocycles. The van der Waals surface area contributed by atoms with Gasteiger partial charge in [0.25, 0.3) is 5.69 Å². The van der Waals surface area contributed by atoms with Crippen molar-refractivity contribution in [1.29, 1.82) is 0 Å². The molecule has 4 unspecified atom stereocenters. The lowest BCUT2D eigenvalue weighted by Gasteiger charge is -2.29. The van der Waals surface area contributed by atoms with Crippen molar-refractivity contribution in [3.63, 3.8) is 0 Å². The number of non-ortho nitro benzene ring substituents is 1. The van der Waals surface area contributed by atoms with Gasteiger partial charge in [-0.3, -0.25) is 29.4 Å². The van der Waals surface area contributed by atoms with E-state index < -0.39 is 23.3 Å². The Morgan fingerprint density at radius 3 is 2.14 bits per heavy atom. The molecule has 2 fully saturated rings. The van der Waals surface area contributed by atoms with E-state index >= 15 is 0 Å². The third-order valence-electron chi connectivity index (χ3n) is 8.00. The van der Waals surface area contributed by atoms with Gasteiger partial charge in [-0.25, -0.2) is 9.78 Å². The van der Waals surface area contributed by atoms with Crippen LogP contribution >= 0.6 is 31.9 Å². The number of carbonyl (C=O) groups excluding carboxylic acids is 4. The molecule has 0 radical (unpaired) electrons. The van der Waals surface area contributed by atoms with Crippen LogP contribution in [0.4, 0.5) is 11.4 Å². The number of rotatable bonds is 7. The number of carbonyl (C=O) groups is 4. The normalized spacial score (nSPS) is 21.3. The Hall–Kier alpha value is -4.29. The van der Waals surface area contributed by atoms with Gasteiger partial charge in [0, 0.05) is 38.3 Å². The first-order chi connectivity index (χ1) is 21.1. The quantitative estimate of drug-likeness (QED) is 0.0544. The fraction of sp³-hybridized carbons (Fsp3) is 0.219. The molecule has 6 rings (SSSR count). The number of amides is 2. The number of pyridine rings is 1.